The fraction of sp³-hybridized carbons (Fsp3) is 0.308. The lowest BCUT2D eigenvalue weighted by Gasteiger charge is -2.12. The summed E-state index contributed by atoms with van der Waals surface area (Å²) < 4.78 is 9.90. The van der Waals surface area contributed by atoms with Crippen molar-refractivity contribution in [2.24, 2.45) is 0 Å². The van der Waals surface area contributed by atoms with E-state index in [1.54, 1.807) is 18.2 Å². The molecule has 18 heavy (non-hydrogen) atoms. The fourth-order valence-electron chi connectivity index (χ4n) is 1.28. The number of nitrogens with one attached hydrogen (secondary N) is 1. The van der Waals surface area contributed by atoms with E-state index >= 15 is 0 Å². The number of benzene rings is 1. The Bertz CT molecular complexity index is 397. The van der Waals surface area contributed by atoms with Gasteiger partial charge in [0.15, 0.2) is 6.29 Å². The Hall–Kier alpha value is -1.85. The highest BCUT2D eigenvalue weighted by Crippen LogP contribution is 2.06. The van der Waals surface area contributed by atoms with Crippen molar-refractivity contribution in [3.05, 3.63) is 35.9 Å². The number of ether oxygens (including phenoxy) is 2. The number of nitrogens with two attached hydrogens (primary N) is 1. The number of amides is 1. The molecule has 1 rings (SSSR count). The van der Waals surface area contributed by atoms with E-state index < -0.39 is 6.29 Å². The highest BCUT2D eigenvalue weighted by atomic mass is 16.7. The van der Waals surface area contributed by atoms with E-state index in [1.165, 1.54) is 20.3 Å². The van der Waals surface area contributed by atoms with E-state index in [0.29, 0.717) is 12.2 Å². The summed E-state index contributed by atoms with van der Waals surface area (Å²) in [6.45, 7) is 0.303. The number of hydrogen-bond acceptors (Lipinski definition) is 4. The number of anilines is 1. The smallest absolute Gasteiger partial charge is 0.244 e. The molecule has 0 atom stereocenters. The third-order valence-corrected chi connectivity index (χ3v) is 2.33. The summed E-state index contributed by atoms with van der Waals surface area (Å²) in [5.74, 6) is -0.203. The van der Waals surface area contributed by atoms with Crippen molar-refractivity contribution in [2.75, 3.05) is 26.5 Å². The van der Waals surface area contributed by atoms with Crippen molar-refractivity contribution in [3.63, 3.8) is 0 Å². The second-order valence-electron chi connectivity index (χ2n) is 3.65. The molecule has 0 bridgehead atoms. The Kier molecular flexibility index (Phi) is 5.90. The van der Waals surface area contributed by atoms with E-state index in [2.05, 4.69) is 5.32 Å². The molecule has 0 aliphatic rings. The number of methoxy groups -OCH3 is 2. The SMILES string of the molecule is COC(CNC(=O)/C=C/c1ccc(N)cc1)OC. The molecule has 1 aromatic rings. The van der Waals surface area contributed by atoms with Gasteiger partial charge in [-0.05, 0) is 23.8 Å². The molecule has 0 radical (unpaired) electrons. The summed E-state index contributed by atoms with van der Waals surface area (Å²) in [6.07, 6.45) is 2.73. The van der Waals surface area contributed by atoms with Gasteiger partial charge in [0.25, 0.3) is 0 Å². The molecular weight excluding hydrogens is 232 g/mol. The van der Waals surface area contributed by atoms with Crippen LogP contribution in [0.5, 0.6) is 0 Å². The monoisotopic (exact) mass is 250 g/mol. The van der Waals surface area contributed by atoms with Crippen LogP contribution in [0.3, 0.4) is 0 Å². The lowest BCUT2D eigenvalue weighted by atomic mass is 10.2. The molecule has 0 aromatic heterocycles. The van der Waals surface area contributed by atoms with Crippen LogP contribution < -0.4 is 11.1 Å². The maximum Gasteiger partial charge on any atom is 0.244 e. The molecule has 0 aliphatic heterocycles. The maximum absolute atomic E-state index is 11.5. The van der Waals surface area contributed by atoms with Crippen LogP contribution in [-0.2, 0) is 14.3 Å². The predicted molar refractivity (Wildman–Crippen MR) is 70.7 cm³/mol. The standard InChI is InChI=1S/C13H18N2O3/c1-17-13(18-2)9-15-12(16)8-5-10-3-6-11(14)7-4-10/h3-8,13H,9,14H2,1-2H3,(H,15,16)/b8-5+. The molecule has 5 heteroatoms. The van der Waals surface area contributed by atoms with Crippen molar-refractivity contribution in [1.82, 2.24) is 5.32 Å². The molecular formula is C13H18N2O3. The first-order chi connectivity index (χ1) is 8.65. The van der Waals surface area contributed by atoms with Gasteiger partial charge in [-0.1, -0.05) is 12.1 Å². The Morgan fingerprint density at radius 1 is 1.33 bits per heavy atom. The first kappa shape index (κ1) is 14.2. The predicted octanol–water partition coefficient (Wildman–Crippen LogP) is 1.02. The Morgan fingerprint density at radius 3 is 2.50 bits per heavy atom. The number of carbonyl (C=O) groups is 1. The highest BCUT2D eigenvalue weighted by Gasteiger charge is 2.05. The summed E-state index contributed by atoms with van der Waals surface area (Å²) >= 11 is 0. The number of rotatable bonds is 6. The zero-order chi connectivity index (χ0) is 13.4. The minimum absolute atomic E-state index is 0.203. The van der Waals surface area contributed by atoms with Gasteiger partial charge < -0.3 is 20.5 Å². The van der Waals surface area contributed by atoms with E-state index in [-0.39, 0.29) is 5.91 Å². The van der Waals surface area contributed by atoms with Gasteiger partial charge in [0.2, 0.25) is 5.91 Å². The second kappa shape index (κ2) is 7.47. The average molecular weight is 250 g/mol. The summed E-state index contributed by atoms with van der Waals surface area (Å²) in [5, 5.41) is 2.67. The van der Waals surface area contributed by atoms with E-state index in [0.717, 1.165) is 5.56 Å². The molecule has 0 aliphatic carbocycles. The first-order valence-electron chi connectivity index (χ1n) is 5.52. The third-order valence-electron chi connectivity index (χ3n) is 2.33. The van der Waals surface area contributed by atoms with Crippen LogP contribution in [0.1, 0.15) is 5.56 Å². The van der Waals surface area contributed by atoms with Gasteiger partial charge in [-0.15, -0.1) is 0 Å². The largest absolute Gasteiger partial charge is 0.399 e. The molecule has 0 heterocycles. The molecule has 1 amide bonds. The number of carbonyl (C=O) groups excluding carboxylic acids is 1. The van der Waals surface area contributed by atoms with E-state index in [4.69, 9.17) is 15.2 Å². The van der Waals surface area contributed by atoms with E-state index in [9.17, 15) is 4.79 Å². The fourth-order valence-corrected chi connectivity index (χ4v) is 1.28. The van der Waals surface area contributed by atoms with Crippen LogP contribution in [0, 0.1) is 0 Å². The molecule has 0 spiro atoms. The molecule has 5 nitrogen and oxygen atoms in total. The maximum atomic E-state index is 11.5. The lowest BCUT2D eigenvalue weighted by Crippen LogP contribution is -2.33. The van der Waals surface area contributed by atoms with Crippen LogP contribution in [0.2, 0.25) is 0 Å². The molecule has 0 saturated carbocycles. The second-order valence-corrected chi connectivity index (χ2v) is 3.65. The zero-order valence-electron chi connectivity index (χ0n) is 10.6. The molecule has 0 saturated heterocycles. The molecule has 3 N–H and O–H groups in total. The Morgan fingerprint density at radius 2 is 1.94 bits per heavy atom. The molecule has 1 aromatic carbocycles. The lowest BCUT2D eigenvalue weighted by molar-refractivity contribution is -0.123. The van der Waals surface area contributed by atoms with Crippen LogP contribution >= 0.6 is 0 Å². The quantitative estimate of drug-likeness (QED) is 0.449. The van der Waals surface area contributed by atoms with Crippen molar-refractivity contribution < 1.29 is 14.3 Å². The van der Waals surface area contributed by atoms with Gasteiger partial charge in [0.05, 0.1) is 6.54 Å². The average Bonchev–Trinajstić information content (AvgIpc) is 2.39. The summed E-state index contributed by atoms with van der Waals surface area (Å²) in [4.78, 5) is 11.5. The number of nitrogen functional groups attached to an aromatic ring is 1. The zero-order valence-corrected chi connectivity index (χ0v) is 10.6. The molecule has 0 unspecified atom stereocenters. The van der Waals surface area contributed by atoms with Crippen LogP contribution in [0.15, 0.2) is 30.3 Å². The Labute approximate surface area is 107 Å². The van der Waals surface area contributed by atoms with Gasteiger partial charge in [0, 0.05) is 26.0 Å². The summed E-state index contributed by atoms with van der Waals surface area (Å²) in [7, 11) is 3.04. The molecule has 0 fully saturated rings. The summed E-state index contributed by atoms with van der Waals surface area (Å²) in [6, 6.07) is 7.24. The van der Waals surface area contributed by atoms with Gasteiger partial charge in [-0.3, -0.25) is 4.79 Å². The van der Waals surface area contributed by atoms with Crippen molar-refractivity contribution in [1.29, 1.82) is 0 Å². The third kappa shape index (κ3) is 4.99. The highest BCUT2D eigenvalue weighted by molar-refractivity contribution is 5.91. The van der Waals surface area contributed by atoms with Crippen molar-refractivity contribution in [3.8, 4) is 0 Å². The topological polar surface area (TPSA) is 73.6 Å². The van der Waals surface area contributed by atoms with Gasteiger partial charge in [0.1, 0.15) is 0 Å². The normalized spacial score (nSPS) is 11.1. The van der Waals surface area contributed by atoms with Gasteiger partial charge in [-0.2, -0.15) is 0 Å². The van der Waals surface area contributed by atoms with E-state index in [1.807, 2.05) is 12.1 Å². The number of hydrogen-bond donors (Lipinski definition) is 2. The minimum Gasteiger partial charge on any atom is -0.399 e. The summed E-state index contributed by atoms with van der Waals surface area (Å²) in [5.41, 5.74) is 7.17. The van der Waals surface area contributed by atoms with Crippen molar-refractivity contribution >= 4 is 17.7 Å². The van der Waals surface area contributed by atoms with Gasteiger partial charge >= 0.3 is 0 Å². The molecule has 98 valence electrons. The Balaban J connectivity index is 2.42. The van der Waals surface area contributed by atoms with Gasteiger partial charge in [-0.25, -0.2) is 0 Å². The van der Waals surface area contributed by atoms with Crippen LogP contribution in [0.4, 0.5) is 5.69 Å². The minimum atomic E-state index is -0.432. The van der Waals surface area contributed by atoms with Crippen LogP contribution in [0.25, 0.3) is 6.08 Å². The first-order valence-corrected chi connectivity index (χ1v) is 5.52. The van der Waals surface area contributed by atoms with Crippen LogP contribution in [-0.4, -0.2) is 33.0 Å². The van der Waals surface area contributed by atoms with Crippen molar-refractivity contribution in [2.45, 2.75) is 6.29 Å².